The van der Waals surface area contributed by atoms with Gasteiger partial charge in [-0.2, -0.15) is 4.31 Å². The maximum atomic E-state index is 13.6. The Bertz CT molecular complexity index is 1350. The van der Waals surface area contributed by atoms with E-state index < -0.39 is 10.0 Å². The lowest BCUT2D eigenvalue weighted by molar-refractivity contribution is -0.119. The van der Waals surface area contributed by atoms with Crippen molar-refractivity contribution in [3.63, 3.8) is 0 Å². The lowest BCUT2D eigenvalue weighted by Crippen LogP contribution is -2.44. The van der Waals surface area contributed by atoms with E-state index in [2.05, 4.69) is 31.9 Å². The third-order valence-corrected chi connectivity index (χ3v) is 9.20. The van der Waals surface area contributed by atoms with Crippen LogP contribution in [0.1, 0.15) is 18.1 Å². The van der Waals surface area contributed by atoms with Gasteiger partial charge in [-0.25, -0.2) is 8.42 Å². The second-order valence-electron chi connectivity index (χ2n) is 8.07. The van der Waals surface area contributed by atoms with Crippen molar-refractivity contribution in [2.45, 2.75) is 30.8 Å². The van der Waals surface area contributed by atoms with Gasteiger partial charge >= 0.3 is 0 Å². The zero-order valence-corrected chi connectivity index (χ0v) is 23.5. The minimum atomic E-state index is -3.98. The van der Waals surface area contributed by atoms with Crippen LogP contribution in [-0.4, -0.2) is 31.2 Å². The summed E-state index contributed by atoms with van der Waals surface area (Å²) in [4.78, 5) is 15.3. The average molecular weight is 647 g/mol. The van der Waals surface area contributed by atoms with Crippen LogP contribution in [0, 0.1) is 0 Å². The third kappa shape index (κ3) is 5.37. The predicted octanol–water partition coefficient (Wildman–Crippen LogP) is 6.69. The number of amides is 1. The Labute approximate surface area is 226 Å². The van der Waals surface area contributed by atoms with Crippen molar-refractivity contribution in [3.8, 4) is 0 Å². The fraction of sp³-hybridized carbons (Fsp3) is 0.208. The molecular formula is C24H20Br2Cl2N2O3S. The first kappa shape index (κ1) is 25.7. The second kappa shape index (κ2) is 10.3. The molecule has 4 rings (SSSR count). The van der Waals surface area contributed by atoms with Crippen LogP contribution in [0.2, 0.25) is 10.0 Å². The van der Waals surface area contributed by atoms with Crippen LogP contribution in [0.15, 0.2) is 74.5 Å². The molecule has 1 atom stereocenters. The number of halogens is 4. The van der Waals surface area contributed by atoms with Crippen molar-refractivity contribution in [2.75, 3.05) is 11.4 Å². The standard InChI is InChI=1S/C24H20Br2Cl2N2O3S/c1-15-10-17-12-19(26)5-9-23(17)30(15)24(31)14-29(13-16-2-8-21(27)22(28)11-16)34(32,33)20-6-3-18(25)4-7-20/h2-9,11-12,15H,10,13-14H2,1H3/t15-/m1/s1. The summed E-state index contributed by atoms with van der Waals surface area (Å²) in [6.45, 7) is 1.60. The van der Waals surface area contributed by atoms with Crippen LogP contribution in [0.4, 0.5) is 5.69 Å². The Morgan fingerprint density at radius 3 is 2.35 bits per heavy atom. The van der Waals surface area contributed by atoms with Crippen molar-refractivity contribution in [1.82, 2.24) is 4.31 Å². The molecule has 3 aromatic carbocycles. The van der Waals surface area contributed by atoms with Gasteiger partial charge in [-0.05, 0) is 79.1 Å². The molecule has 0 aliphatic carbocycles. The molecule has 34 heavy (non-hydrogen) atoms. The number of anilines is 1. The molecular weight excluding hydrogens is 627 g/mol. The van der Waals surface area contributed by atoms with Gasteiger partial charge in [0.2, 0.25) is 15.9 Å². The van der Waals surface area contributed by atoms with E-state index in [4.69, 9.17) is 23.2 Å². The van der Waals surface area contributed by atoms with Gasteiger partial charge in [0, 0.05) is 27.2 Å². The molecule has 0 fully saturated rings. The molecule has 1 amide bonds. The maximum absolute atomic E-state index is 13.6. The number of hydrogen-bond acceptors (Lipinski definition) is 3. The van der Waals surface area contributed by atoms with Gasteiger partial charge in [0.05, 0.1) is 21.5 Å². The lowest BCUT2D eigenvalue weighted by Gasteiger charge is -2.28. The number of rotatable bonds is 6. The maximum Gasteiger partial charge on any atom is 0.243 e. The fourth-order valence-electron chi connectivity index (χ4n) is 4.03. The van der Waals surface area contributed by atoms with Crippen molar-refractivity contribution in [1.29, 1.82) is 0 Å². The Hall–Kier alpha value is -1.42. The smallest absolute Gasteiger partial charge is 0.243 e. The van der Waals surface area contributed by atoms with E-state index in [1.165, 1.54) is 16.4 Å². The number of carbonyl (C=O) groups is 1. The van der Waals surface area contributed by atoms with Crippen LogP contribution in [0.5, 0.6) is 0 Å². The van der Waals surface area contributed by atoms with Gasteiger partial charge in [-0.3, -0.25) is 4.79 Å². The van der Waals surface area contributed by atoms with Gasteiger partial charge in [0.15, 0.2) is 0 Å². The highest BCUT2D eigenvalue weighted by Crippen LogP contribution is 2.35. The predicted molar refractivity (Wildman–Crippen MR) is 143 cm³/mol. The SMILES string of the molecule is C[C@@H]1Cc2cc(Br)ccc2N1C(=O)CN(Cc1ccc(Cl)c(Cl)c1)S(=O)(=O)c1ccc(Br)cc1. The molecule has 0 saturated heterocycles. The number of carbonyl (C=O) groups excluding carboxylic acids is 1. The van der Waals surface area contributed by atoms with E-state index in [1.54, 1.807) is 35.2 Å². The van der Waals surface area contributed by atoms with E-state index >= 15 is 0 Å². The summed E-state index contributed by atoms with van der Waals surface area (Å²) < 4.78 is 30.1. The molecule has 0 bridgehead atoms. The molecule has 1 aliphatic rings. The van der Waals surface area contributed by atoms with Crippen molar-refractivity contribution in [2.24, 2.45) is 0 Å². The average Bonchev–Trinajstić information content (AvgIpc) is 3.10. The van der Waals surface area contributed by atoms with Gasteiger partial charge < -0.3 is 4.90 Å². The van der Waals surface area contributed by atoms with Gasteiger partial charge in [-0.15, -0.1) is 0 Å². The number of nitrogens with zero attached hydrogens (tertiary/aromatic N) is 2. The highest BCUT2D eigenvalue weighted by atomic mass is 79.9. The van der Waals surface area contributed by atoms with Crippen LogP contribution in [0.25, 0.3) is 0 Å². The van der Waals surface area contributed by atoms with E-state index in [-0.39, 0.29) is 29.9 Å². The molecule has 0 unspecified atom stereocenters. The summed E-state index contributed by atoms with van der Waals surface area (Å²) in [5.41, 5.74) is 2.47. The molecule has 0 N–H and O–H groups in total. The molecule has 0 spiro atoms. The Morgan fingerprint density at radius 1 is 1.00 bits per heavy atom. The first-order valence-electron chi connectivity index (χ1n) is 10.4. The second-order valence-corrected chi connectivity index (χ2v) is 12.6. The summed E-state index contributed by atoms with van der Waals surface area (Å²) in [5, 5.41) is 0.691. The zero-order chi connectivity index (χ0) is 24.6. The molecule has 1 aliphatic heterocycles. The quantitative estimate of drug-likeness (QED) is 0.300. The molecule has 10 heteroatoms. The highest BCUT2D eigenvalue weighted by Gasteiger charge is 2.34. The summed E-state index contributed by atoms with van der Waals surface area (Å²) in [7, 11) is -3.98. The highest BCUT2D eigenvalue weighted by molar-refractivity contribution is 9.10. The van der Waals surface area contributed by atoms with Crippen LogP contribution >= 0.6 is 55.1 Å². The summed E-state index contributed by atoms with van der Waals surface area (Å²) >= 11 is 19.0. The number of fused-ring (bicyclic) bond motifs is 1. The van der Waals surface area contributed by atoms with Crippen LogP contribution in [0.3, 0.4) is 0 Å². The Balaban J connectivity index is 1.68. The number of sulfonamides is 1. The fourth-order valence-corrected chi connectivity index (χ4v) is 6.40. The first-order chi connectivity index (χ1) is 16.1. The van der Waals surface area contributed by atoms with Gasteiger partial charge in [-0.1, -0.05) is 61.1 Å². The molecule has 0 saturated carbocycles. The largest absolute Gasteiger partial charge is 0.308 e. The zero-order valence-electron chi connectivity index (χ0n) is 18.0. The van der Waals surface area contributed by atoms with Crippen molar-refractivity contribution < 1.29 is 13.2 Å². The minimum absolute atomic E-state index is 0.0313. The minimum Gasteiger partial charge on any atom is -0.308 e. The first-order valence-corrected chi connectivity index (χ1v) is 14.1. The Kier molecular flexibility index (Phi) is 7.77. The van der Waals surface area contributed by atoms with Crippen LogP contribution < -0.4 is 4.90 Å². The van der Waals surface area contributed by atoms with E-state index in [0.717, 1.165) is 20.2 Å². The van der Waals surface area contributed by atoms with Crippen LogP contribution in [-0.2, 0) is 27.8 Å². The van der Waals surface area contributed by atoms with E-state index in [1.807, 2.05) is 25.1 Å². The molecule has 0 radical (unpaired) electrons. The normalized spacial score (nSPS) is 15.6. The van der Waals surface area contributed by atoms with E-state index in [0.29, 0.717) is 22.0 Å². The molecule has 3 aromatic rings. The summed E-state index contributed by atoms with van der Waals surface area (Å²) in [5.74, 6) is -0.297. The topological polar surface area (TPSA) is 57.7 Å². The Morgan fingerprint density at radius 2 is 1.68 bits per heavy atom. The number of hydrogen-bond donors (Lipinski definition) is 0. The molecule has 178 valence electrons. The van der Waals surface area contributed by atoms with Gasteiger partial charge in [0.25, 0.3) is 0 Å². The monoisotopic (exact) mass is 644 g/mol. The molecule has 1 heterocycles. The van der Waals surface area contributed by atoms with E-state index in [9.17, 15) is 13.2 Å². The molecule has 5 nitrogen and oxygen atoms in total. The lowest BCUT2D eigenvalue weighted by atomic mass is 10.1. The number of benzene rings is 3. The summed E-state index contributed by atoms with van der Waals surface area (Å²) in [6.07, 6.45) is 0.701. The third-order valence-electron chi connectivity index (χ3n) is 5.63. The van der Waals surface area contributed by atoms with Gasteiger partial charge in [0.1, 0.15) is 0 Å². The summed E-state index contributed by atoms with van der Waals surface area (Å²) in [6, 6.07) is 16.9. The molecule has 0 aromatic heterocycles. The van der Waals surface area contributed by atoms with Crippen molar-refractivity contribution in [3.05, 3.63) is 90.8 Å². The van der Waals surface area contributed by atoms with Crippen molar-refractivity contribution >= 4 is 76.7 Å².